The lowest BCUT2D eigenvalue weighted by Crippen LogP contribution is -2.03. The van der Waals surface area contributed by atoms with E-state index in [9.17, 15) is 9.18 Å². The number of anilines is 1. The molecule has 0 aliphatic carbocycles. The predicted octanol–water partition coefficient (Wildman–Crippen LogP) is 3.79. The second kappa shape index (κ2) is 5.59. The highest BCUT2D eigenvalue weighted by atomic mass is 35.5. The van der Waals surface area contributed by atoms with Crippen LogP contribution in [0.15, 0.2) is 24.3 Å². The topological polar surface area (TPSA) is 52.3 Å². The molecule has 2 rings (SSSR count). The SMILES string of the molecule is Cc1sc(C(=O)OCc2ccc(F)cc2Cl)cc1N. The third kappa shape index (κ3) is 3.24. The van der Waals surface area contributed by atoms with Crippen molar-refractivity contribution in [1.29, 1.82) is 0 Å². The molecule has 0 unspecified atom stereocenters. The summed E-state index contributed by atoms with van der Waals surface area (Å²) in [6.45, 7) is 1.82. The number of rotatable bonds is 3. The molecule has 1 aromatic heterocycles. The zero-order valence-corrected chi connectivity index (χ0v) is 11.6. The Bertz CT molecular complexity index is 608. The highest BCUT2D eigenvalue weighted by Gasteiger charge is 2.13. The van der Waals surface area contributed by atoms with Gasteiger partial charge in [0.15, 0.2) is 0 Å². The van der Waals surface area contributed by atoms with E-state index in [1.54, 1.807) is 6.07 Å². The first kappa shape index (κ1) is 13.8. The van der Waals surface area contributed by atoms with Crippen LogP contribution in [0.2, 0.25) is 5.02 Å². The Morgan fingerprint density at radius 3 is 2.79 bits per heavy atom. The molecule has 0 bridgehead atoms. The number of halogens is 2. The van der Waals surface area contributed by atoms with Crippen molar-refractivity contribution in [2.75, 3.05) is 5.73 Å². The van der Waals surface area contributed by atoms with Crippen molar-refractivity contribution in [3.05, 3.63) is 50.4 Å². The number of esters is 1. The van der Waals surface area contributed by atoms with Gasteiger partial charge in [-0.1, -0.05) is 17.7 Å². The van der Waals surface area contributed by atoms with Gasteiger partial charge in [-0.2, -0.15) is 0 Å². The van der Waals surface area contributed by atoms with Gasteiger partial charge in [-0.15, -0.1) is 11.3 Å². The summed E-state index contributed by atoms with van der Waals surface area (Å²) in [5.41, 5.74) is 6.79. The van der Waals surface area contributed by atoms with E-state index in [-0.39, 0.29) is 11.6 Å². The van der Waals surface area contributed by atoms with Crippen molar-refractivity contribution in [1.82, 2.24) is 0 Å². The number of carbonyl (C=O) groups excluding carboxylic acids is 1. The van der Waals surface area contributed by atoms with Crippen LogP contribution < -0.4 is 5.73 Å². The van der Waals surface area contributed by atoms with Crippen molar-refractivity contribution in [2.45, 2.75) is 13.5 Å². The van der Waals surface area contributed by atoms with Crippen LogP contribution in [0.1, 0.15) is 20.1 Å². The first-order chi connectivity index (χ1) is 8.97. The molecule has 0 atom stereocenters. The Morgan fingerprint density at radius 2 is 2.21 bits per heavy atom. The lowest BCUT2D eigenvalue weighted by Gasteiger charge is -2.05. The van der Waals surface area contributed by atoms with E-state index in [1.165, 1.54) is 29.5 Å². The molecule has 0 saturated heterocycles. The fraction of sp³-hybridized carbons (Fsp3) is 0.154. The molecule has 3 nitrogen and oxygen atoms in total. The molecule has 100 valence electrons. The van der Waals surface area contributed by atoms with Gasteiger partial charge in [0.1, 0.15) is 17.3 Å². The minimum absolute atomic E-state index is 0.00516. The van der Waals surface area contributed by atoms with E-state index in [2.05, 4.69) is 0 Å². The Kier molecular flexibility index (Phi) is 4.07. The average molecular weight is 300 g/mol. The fourth-order valence-corrected chi connectivity index (χ4v) is 2.51. The second-order valence-corrected chi connectivity index (χ2v) is 5.60. The van der Waals surface area contributed by atoms with E-state index in [0.717, 1.165) is 4.88 Å². The summed E-state index contributed by atoms with van der Waals surface area (Å²) in [5, 5.41) is 0.231. The molecule has 0 aliphatic heterocycles. The van der Waals surface area contributed by atoms with E-state index in [1.807, 2.05) is 6.92 Å². The van der Waals surface area contributed by atoms with Crippen LogP contribution in [0.25, 0.3) is 0 Å². The lowest BCUT2D eigenvalue weighted by molar-refractivity contribution is 0.0478. The number of benzene rings is 1. The van der Waals surface area contributed by atoms with Crippen LogP contribution in [0.5, 0.6) is 0 Å². The van der Waals surface area contributed by atoms with Crippen LogP contribution >= 0.6 is 22.9 Å². The van der Waals surface area contributed by atoms with Crippen LogP contribution in [-0.4, -0.2) is 5.97 Å². The molecular formula is C13H11ClFNO2S. The van der Waals surface area contributed by atoms with Crippen molar-refractivity contribution in [3.63, 3.8) is 0 Å². The maximum atomic E-state index is 12.9. The van der Waals surface area contributed by atoms with Gasteiger partial charge in [-0.25, -0.2) is 9.18 Å². The largest absolute Gasteiger partial charge is 0.457 e. The van der Waals surface area contributed by atoms with Crippen LogP contribution in [-0.2, 0) is 11.3 Å². The Balaban J connectivity index is 2.04. The number of nitrogens with two attached hydrogens (primary N) is 1. The monoisotopic (exact) mass is 299 g/mol. The van der Waals surface area contributed by atoms with Gasteiger partial charge in [-0.05, 0) is 25.1 Å². The van der Waals surface area contributed by atoms with Gasteiger partial charge in [0.2, 0.25) is 0 Å². The summed E-state index contributed by atoms with van der Waals surface area (Å²) in [7, 11) is 0. The fourth-order valence-electron chi connectivity index (χ4n) is 1.45. The maximum Gasteiger partial charge on any atom is 0.348 e. The third-order valence-electron chi connectivity index (χ3n) is 2.53. The molecule has 0 fully saturated rings. The van der Waals surface area contributed by atoms with Gasteiger partial charge in [0.25, 0.3) is 0 Å². The molecule has 6 heteroatoms. The van der Waals surface area contributed by atoms with Crippen LogP contribution in [0.4, 0.5) is 10.1 Å². The molecular weight excluding hydrogens is 289 g/mol. The zero-order chi connectivity index (χ0) is 14.0. The number of ether oxygens (including phenoxy) is 1. The zero-order valence-electron chi connectivity index (χ0n) is 10.1. The minimum atomic E-state index is -0.467. The second-order valence-electron chi connectivity index (χ2n) is 3.93. The number of nitrogen functional groups attached to an aromatic ring is 1. The van der Waals surface area contributed by atoms with Gasteiger partial charge >= 0.3 is 5.97 Å². The van der Waals surface area contributed by atoms with Crippen molar-refractivity contribution >= 4 is 34.6 Å². The smallest absolute Gasteiger partial charge is 0.348 e. The minimum Gasteiger partial charge on any atom is -0.457 e. The van der Waals surface area contributed by atoms with Gasteiger partial charge in [0.05, 0.1) is 5.02 Å². The normalized spacial score (nSPS) is 10.5. The number of thiophene rings is 1. The van der Waals surface area contributed by atoms with Crippen molar-refractivity contribution < 1.29 is 13.9 Å². The molecule has 0 spiro atoms. The number of hydrogen-bond acceptors (Lipinski definition) is 4. The van der Waals surface area contributed by atoms with E-state index in [0.29, 0.717) is 16.1 Å². The van der Waals surface area contributed by atoms with Gasteiger partial charge < -0.3 is 10.5 Å². The first-order valence-corrected chi connectivity index (χ1v) is 6.64. The third-order valence-corrected chi connectivity index (χ3v) is 3.93. The molecule has 0 amide bonds. The molecule has 2 aromatic rings. The van der Waals surface area contributed by atoms with Crippen LogP contribution in [0, 0.1) is 12.7 Å². The van der Waals surface area contributed by atoms with E-state index >= 15 is 0 Å². The van der Waals surface area contributed by atoms with Gasteiger partial charge in [-0.3, -0.25) is 0 Å². The summed E-state index contributed by atoms with van der Waals surface area (Å²) in [6, 6.07) is 5.51. The Morgan fingerprint density at radius 1 is 1.47 bits per heavy atom. The Labute approximate surface area is 118 Å². The summed E-state index contributed by atoms with van der Waals surface area (Å²) in [6.07, 6.45) is 0. The number of aryl methyl sites for hydroxylation is 1. The van der Waals surface area contributed by atoms with Crippen molar-refractivity contribution in [2.24, 2.45) is 0 Å². The van der Waals surface area contributed by atoms with E-state index < -0.39 is 11.8 Å². The summed E-state index contributed by atoms with van der Waals surface area (Å²) in [4.78, 5) is 13.1. The standard InChI is InChI=1S/C13H11ClFNO2S/c1-7-11(16)5-12(19-7)13(17)18-6-8-2-3-9(15)4-10(8)14/h2-5H,6,16H2,1H3. The van der Waals surface area contributed by atoms with E-state index in [4.69, 9.17) is 22.1 Å². The predicted molar refractivity (Wildman–Crippen MR) is 74.0 cm³/mol. The maximum absolute atomic E-state index is 12.9. The molecule has 2 N–H and O–H groups in total. The highest BCUT2D eigenvalue weighted by molar-refractivity contribution is 7.14. The first-order valence-electron chi connectivity index (χ1n) is 5.44. The lowest BCUT2D eigenvalue weighted by atomic mass is 10.2. The Hall–Kier alpha value is -1.59. The summed E-state index contributed by atoms with van der Waals surface area (Å²) < 4.78 is 18.0. The molecule has 1 aromatic carbocycles. The molecule has 0 aliphatic rings. The summed E-state index contributed by atoms with van der Waals surface area (Å²) >= 11 is 7.11. The quantitative estimate of drug-likeness (QED) is 0.877. The summed E-state index contributed by atoms with van der Waals surface area (Å²) in [5.74, 6) is -0.896. The van der Waals surface area contributed by atoms with Gasteiger partial charge in [0, 0.05) is 16.1 Å². The number of hydrogen-bond donors (Lipinski definition) is 1. The molecule has 0 radical (unpaired) electrons. The van der Waals surface area contributed by atoms with Crippen molar-refractivity contribution in [3.8, 4) is 0 Å². The number of carbonyl (C=O) groups is 1. The molecule has 19 heavy (non-hydrogen) atoms. The van der Waals surface area contributed by atoms with Crippen LogP contribution in [0.3, 0.4) is 0 Å². The average Bonchev–Trinajstić information content (AvgIpc) is 2.68. The molecule has 0 saturated carbocycles. The highest BCUT2D eigenvalue weighted by Crippen LogP contribution is 2.25. The molecule has 1 heterocycles.